The molecule has 6 heteroatoms. The Morgan fingerprint density at radius 1 is 1.42 bits per heavy atom. The number of benzene rings is 1. The van der Waals surface area contributed by atoms with E-state index in [0.29, 0.717) is 18.5 Å². The summed E-state index contributed by atoms with van der Waals surface area (Å²) >= 11 is 0. The molecule has 1 aliphatic heterocycles. The van der Waals surface area contributed by atoms with Crippen molar-refractivity contribution in [2.24, 2.45) is 0 Å². The van der Waals surface area contributed by atoms with Gasteiger partial charge in [0.1, 0.15) is 0 Å². The van der Waals surface area contributed by atoms with E-state index in [0.717, 1.165) is 18.7 Å². The smallest absolute Gasteiger partial charge is 0.224 e. The maximum absolute atomic E-state index is 13.0. The van der Waals surface area contributed by atoms with Crippen molar-refractivity contribution in [3.63, 3.8) is 0 Å². The van der Waals surface area contributed by atoms with Gasteiger partial charge in [-0.25, -0.2) is 8.78 Å². The fraction of sp³-hybridized carbons (Fsp3) is 0.462. The molecule has 0 saturated carbocycles. The van der Waals surface area contributed by atoms with E-state index in [1.54, 1.807) is 0 Å². The van der Waals surface area contributed by atoms with Crippen LogP contribution >= 0.6 is 0 Å². The highest BCUT2D eigenvalue weighted by Crippen LogP contribution is 2.13. The zero-order valence-electron chi connectivity index (χ0n) is 10.4. The van der Waals surface area contributed by atoms with E-state index in [1.807, 2.05) is 0 Å². The van der Waals surface area contributed by atoms with Crippen LogP contribution in [0.3, 0.4) is 0 Å². The van der Waals surface area contributed by atoms with Crippen molar-refractivity contribution in [3.8, 4) is 0 Å². The van der Waals surface area contributed by atoms with Gasteiger partial charge in [0.2, 0.25) is 5.91 Å². The second kappa shape index (κ2) is 5.63. The van der Waals surface area contributed by atoms with Crippen molar-refractivity contribution >= 4 is 5.91 Å². The number of β-amino-alcohol motifs (C(OH)–C–C–N with tert-alkyl or cyclic N) is 1. The van der Waals surface area contributed by atoms with Crippen molar-refractivity contribution in [2.75, 3.05) is 19.6 Å². The summed E-state index contributed by atoms with van der Waals surface area (Å²) in [7, 11) is 0. The van der Waals surface area contributed by atoms with Gasteiger partial charge in [-0.1, -0.05) is 6.07 Å². The summed E-state index contributed by atoms with van der Waals surface area (Å²) in [6.45, 7) is 1.32. The summed E-state index contributed by atoms with van der Waals surface area (Å²) in [5.41, 5.74) is -0.517. The minimum absolute atomic E-state index is 0.0410. The topological polar surface area (TPSA) is 61.4 Å². The van der Waals surface area contributed by atoms with Crippen LogP contribution in [-0.2, 0) is 11.2 Å². The Hall–Kier alpha value is -1.53. The van der Waals surface area contributed by atoms with Gasteiger partial charge in [0, 0.05) is 13.1 Å². The first-order valence-electron chi connectivity index (χ1n) is 6.12. The number of nitrogens with one attached hydrogen (secondary N) is 2. The van der Waals surface area contributed by atoms with E-state index in [4.69, 9.17) is 0 Å². The lowest BCUT2D eigenvalue weighted by molar-refractivity contribution is -0.121. The van der Waals surface area contributed by atoms with Crippen molar-refractivity contribution in [1.29, 1.82) is 0 Å². The Bertz CT molecular complexity index is 474. The Kier molecular flexibility index (Phi) is 4.11. The van der Waals surface area contributed by atoms with Gasteiger partial charge < -0.3 is 15.7 Å². The number of rotatable bonds is 4. The summed E-state index contributed by atoms with van der Waals surface area (Å²) in [5, 5.41) is 15.6. The fourth-order valence-electron chi connectivity index (χ4n) is 2.04. The molecule has 104 valence electrons. The minimum atomic E-state index is -0.969. The normalized spacial score (nSPS) is 22.5. The number of halogens is 2. The maximum Gasteiger partial charge on any atom is 0.224 e. The van der Waals surface area contributed by atoms with Gasteiger partial charge in [0.25, 0.3) is 0 Å². The van der Waals surface area contributed by atoms with E-state index in [9.17, 15) is 18.7 Å². The third-order valence-corrected chi connectivity index (χ3v) is 3.18. The summed E-state index contributed by atoms with van der Waals surface area (Å²) in [5.74, 6) is -2.23. The Balaban J connectivity index is 1.85. The van der Waals surface area contributed by atoms with E-state index in [1.165, 1.54) is 6.07 Å². The molecular formula is C13H16F2N2O2. The molecule has 1 aromatic carbocycles. The van der Waals surface area contributed by atoms with Gasteiger partial charge in [-0.15, -0.1) is 0 Å². The number of amides is 1. The molecule has 2 rings (SSSR count). The molecule has 1 fully saturated rings. The molecule has 1 aromatic rings. The molecule has 1 atom stereocenters. The highest BCUT2D eigenvalue weighted by atomic mass is 19.2. The van der Waals surface area contributed by atoms with Crippen LogP contribution in [-0.4, -0.2) is 36.2 Å². The van der Waals surface area contributed by atoms with Crippen LogP contribution < -0.4 is 10.6 Å². The van der Waals surface area contributed by atoms with Gasteiger partial charge in [0.15, 0.2) is 11.6 Å². The molecule has 1 unspecified atom stereocenters. The van der Waals surface area contributed by atoms with E-state index in [-0.39, 0.29) is 18.9 Å². The molecule has 1 saturated heterocycles. The highest BCUT2D eigenvalue weighted by Gasteiger charge is 2.31. The van der Waals surface area contributed by atoms with Crippen molar-refractivity contribution < 1.29 is 18.7 Å². The summed E-state index contributed by atoms with van der Waals surface area (Å²) < 4.78 is 25.7. The molecule has 3 N–H and O–H groups in total. The number of hydrogen-bond acceptors (Lipinski definition) is 3. The Morgan fingerprint density at radius 3 is 2.84 bits per heavy atom. The van der Waals surface area contributed by atoms with Crippen molar-refractivity contribution in [1.82, 2.24) is 10.6 Å². The van der Waals surface area contributed by atoms with Gasteiger partial charge in [-0.3, -0.25) is 4.79 Å². The zero-order valence-corrected chi connectivity index (χ0v) is 10.4. The number of hydrogen-bond donors (Lipinski definition) is 3. The largest absolute Gasteiger partial charge is 0.387 e. The summed E-state index contributed by atoms with van der Waals surface area (Å²) in [6, 6.07) is 3.36. The lowest BCUT2D eigenvalue weighted by Gasteiger charge is -2.21. The number of carbonyl (C=O) groups is 1. The van der Waals surface area contributed by atoms with Crippen LogP contribution in [0.4, 0.5) is 8.78 Å². The predicted molar refractivity (Wildman–Crippen MR) is 65.5 cm³/mol. The molecule has 0 aliphatic carbocycles. The third kappa shape index (κ3) is 3.71. The zero-order chi connectivity index (χ0) is 13.9. The van der Waals surface area contributed by atoms with Crippen LogP contribution in [0.15, 0.2) is 18.2 Å². The third-order valence-electron chi connectivity index (χ3n) is 3.18. The second-order valence-electron chi connectivity index (χ2n) is 4.85. The molecule has 1 amide bonds. The molecule has 0 bridgehead atoms. The molecule has 0 radical (unpaired) electrons. The van der Waals surface area contributed by atoms with Gasteiger partial charge in [0.05, 0.1) is 12.0 Å². The second-order valence-corrected chi connectivity index (χ2v) is 4.85. The molecule has 1 heterocycles. The Morgan fingerprint density at radius 2 is 2.21 bits per heavy atom. The van der Waals surface area contributed by atoms with Crippen LogP contribution in [0.2, 0.25) is 0 Å². The molecule has 1 aliphatic rings. The molecule has 19 heavy (non-hydrogen) atoms. The quantitative estimate of drug-likeness (QED) is 0.740. The van der Waals surface area contributed by atoms with Crippen LogP contribution in [0, 0.1) is 11.6 Å². The highest BCUT2D eigenvalue weighted by molar-refractivity contribution is 5.78. The van der Waals surface area contributed by atoms with E-state index >= 15 is 0 Å². The first-order chi connectivity index (χ1) is 8.98. The Labute approximate surface area is 109 Å². The number of carbonyl (C=O) groups excluding carboxylic acids is 1. The first kappa shape index (κ1) is 13.9. The van der Waals surface area contributed by atoms with Gasteiger partial charge in [-0.05, 0) is 30.7 Å². The predicted octanol–water partition coefficient (Wildman–Crippen LogP) is 0.348. The molecular weight excluding hydrogens is 254 g/mol. The lowest BCUT2D eigenvalue weighted by atomic mass is 10.0. The first-order valence-corrected chi connectivity index (χ1v) is 6.12. The van der Waals surface area contributed by atoms with Gasteiger partial charge in [-0.2, -0.15) is 0 Å². The fourth-order valence-corrected chi connectivity index (χ4v) is 2.04. The van der Waals surface area contributed by atoms with Crippen molar-refractivity contribution in [2.45, 2.75) is 18.4 Å². The van der Waals surface area contributed by atoms with Crippen molar-refractivity contribution in [3.05, 3.63) is 35.4 Å². The molecule has 4 nitrogen and oxygen atoms in total. The number of aliphatic hydroxyl groups is 1. The summed E-state index contributed by atoms with van der Waals surface area (Å²) in [6.07, 6.45) is 0.541. The standard InChI is InChI=1S/C13H16F2N2O2/c14-10-2-1-9(5-11(10)15)6-12(18)17-8-13(19)3-4-16-7-13/h1-2,5,16,19H,3-4,6-8H2,(H,17,18). The maximum atomic E-state index is 13.0. The van der Waals surface area contributed by atoms with Crippen LogP contribution in [0.25, 0.3) is 0 Å². The van der Waals surface area contributed by atoms with Gasteiger partial charge >= 0.3 is 0 Å². The van der Waals surface area contributed by atoms with Crippen LogP contribution in [0.5, 0.6) is 0 Å². The molecule has 0 spiro atoms. The molecule has 0 aromatic heterocycles. The summed E-state index contributed by atoms with van der Waals surface area (Å²) in [4.78, 5) is 11.6. The minimum Gasteiger partial charge on any atom is -0.387 e. The van der Waals surface area contributed by atoms with Crippen LogP contribution in [0.1, 0.15) is 12.0 Å². The monoisotopic (exact) mass is 270 g/mol. The SMILES string of the molecule is O=C(Cc1ccc(F)c(F)c1)NCC1(O)CCNC1. The average Bonchev–Trinajstić information content (AvgIpc) is 2.79. The van der Waals surface area contributed by atoms with E-state index in [2.05, 4.69) is 10.6 Å². The van der Waals surface area contributed by atoms with E-state index < -0.39 is 17.2 Å². The lowest BCUT2D eigenvalue weighted by Crippen LogP contribution is -2.44. The average molecular weight is 270 g/mol.